The maximum atomic E-state index is 13.3. The van der Waals surface area contributed by atoms with Crippen molar-refractivity contribution in [2.24, 2.45) is 12.0 Å². The summed E-state index contributed by atoms with van der Waals surface area (Å²) in [5, 5.41) is 4.56. The number of thiazole rings is 1. The standard InChI is InChI=1S/C26H24N4OS/c1-4-29-23(21-15-14-19-10-8-9-11-20(19)16-21)17-32-26(29)27-24-18(2)28(3)30(25(24)31)22-12-6-5-7-13-22/h5-17H,4H2,1-3H3. The molecule has 5 nitrogen and oxygen atoms in total. The van der Waals surface area contributed by atoms with E-state index in [0.717, 1.165) is 34.0 Å². The number of hydrogen-bond donors (Lipinski definition) is 0. The minimum absolute atomic E-state index is 0.112. The zero-order valence-electron chi connectivity index (χ0n) is 18.3. The van der Waals surface area contributed by atoms with Gasteiger partial charge < -0.3 is 4.57 Å². The summed E-state index contributed by atoms with van der Waals surface area (Å²) in [4.78, 5) is 19.0. The van der Waals surface area contributed by atoms with E-state index < -0.39 is 0 Å². The van der Waals surface area contributed by atoms with Gasteiger partial charge in [0.2, 0.25) is 0 Å². The molecule has 0 aliphatic rings. The molecule has 0 bridgehead atoms. The van der Waals surface area contributed by atoms with Crippen molar-refractivity contribution in [2.45, 2.75) is 20.4 Å². The summed E-state index contributed by atoms with van der Waals surface area (Å²) in [6.45, 7) is 4.81. The van der Waals surface area contributed by atoms with Crippen LogP contribution in [-0.2, 0) is 13.6 Å². The molecule has 0 atom stereocenters. The second kappa shape index (κ2) is 8.13. The van der Waals surface area contributed by atoms with Gasteiger partial charge in [0, 0.05) is 19.0 Å². The van der Waals surface area contributed by atoms with Crippen molar-refractivity contribution in [3.63, 3.8) is 0 Å². The number of para-hydroxylation sites is 1. The molecule has 0 N–H and O–H groups in total. The molecule has 32 heavy (non-hydrogen) atoms. The molecule has 6 heteroatoms. The fourth-order valence-corrected chi connectivity index (χ4v) is 5.06. The van der Waals surface area contributed by atoms with Crippen LogP contribution in [0.5, 0.6) is 0 Å². The average Bonchev–Trinajstić information content (AvgIpc) is 3.33. The normalized spacial score (nSPS) is 12.0. The second-order valence-corrected chi connectivity index (χ2v) is 8.57. The summed E-state index contributed by atoms with van der Waals surface area (Å²) in [6.07, 6.45) is 0. The molecule has 0 aliphatic carbocycles. The predicted octanol–water partition coefficient (Wildman–Crippen LogP) is 5.42. The minimum Gasteiger partial charge on any atom is -0.317 e. The first kappa shape index (κ1) is 20.3. The third-order valence-corrected chi connectivity index (χ3v) is 6.75. The summed E-state index contributed by atoms with van der Waals surface area (Å²) < 4.78 is 5.71. The van der Waals surface area contributed by atoms with Crippen molar-refractivity contribution >= 4 is 27.8 Å². The summed E-state index contributed by atoms with van der Waals surface area (Å²) in [6, 6.07) is 24.6. The summed E-state index contributed by atoms with van der Waals surface area (Å²) in [7, 11) is 1.89. The first-order chi connectivity index (χ1) is 15.6. The van der Waals surface area contributed by atoms with Gasteiger partial charge in [0.1, 0.15) is 0 Å². The van der Waals surface area contributed by atoms with E-state index in [1.165, 1.54) is 10.8 Å². The van der Waals surface area contributed by atoms with Gasteiger partial charge in [0.25, 0.3) is 5.56 Å². The predicted molar refractivity (Wildman–Crippen MR) is 132 cm³/mol. The monoisotopic (exact) mass is 440 g/mol. The molecule has 2 heterocycles. The van der Waals surface area contributed by atoms with E-state index in [2.05, 4.69) is 59.3 Å². The molecule has 2 aromatic heterocycles. The smallest absolute Gasteiger partial charge is 0.297 e. The van der Waals surface area contributed by atoms with Crippen LogP contribution in [0.15, 0.2) is 88.0 Å². The molecule has 3 aromatic carbocycles. The van der Waals surface area contributed by atoms with E-state index in [1.807, 2.05) is 49.0 Å². The van der Waals surface area contributed by atoms with Gasteiger partial charge in [-0.05, 0) is 48.4 Å². The van der Waals surface area contributed by atoms with E-state index in [-0.39, 0.29) is 5.56 Å². The van der Waals surface area contributed by atoms with Gasteiger partial charge in [-0.25, -0.2) is 9.67 Å². The Morgan fingerprint density at radius 3 is 2.41 bits per heavy atom. The molecule has 5 aromatic rings. The first-order valence-corrected chi connectivity index (χ1v) is 11.5. The zero-order valence-corrected chi connectivity index (χ0v) is 19.1. The van der Waals surface area contributed by atoms with Crippen LogP contribution in [-0.4, -0.2) is 13.9 Å². The van der Waals surface area contributed by atoms with E-state index in [9.17, 15) is 4.79 Å². The lowest BCUT2D eigenvalue weighted by molar-refractivity contribution is 0.630. The highest BCUT2D eigenvalue weighted by Gasteiger charge is 2.16. The van der Waals surface area contributed by atoms with Gasteiger partial charge in [-0.1, -0.05) is 54.6 Å². The summed E-state index contributed by atoms with van der Waals surface area (Å²) >= 11 is 1.56. The largest absolute Gasteiger partial charge is 0.317 e. The lowest BCUT2D eigenvalue weighted by Crippen LogP contribution is -2.20. The maximum absolute atomic E-state index is 13.3. The van der Waals surface area contributed by atoms with Crippen LogP contribution >= 0.6 is 11.3 Å². The topological polar surface area (TPSA) is 44.2 Å². The number of rotatable bonds is 4. The fraction of sp³-hybridized carbons (Fsp3) is 0.154. The summed E-state index contributed by atoms with van der Waals surface area (Å²) in [5.74, 6) is 0. The lowest BCUT2D eigenvalue weighted by atomic mass is 10.1. The van der Waals surface area contributed by atoms with Gasteiger partial charge >= 0.3 is 0 Å². The third-order valence-electron chi connectivity index (χ3n) is 5.89. The van der Waals surface area contributed by atoms with Gasteiger partial charge in [-0.15, -0.1) is 11.3 Å². The highest BCUT2D eigenvalue weighted by Crippen LogP contribution is 2.25. The highest BCUT2D eigenvalue weighted by molar-refractivity contribution is 7.07. The summed E-state index contributed by atoms with van der Waals surface area (Å²) in [5.41, 5.74) is 4.29. The Balaban J connectivity index is 1.66. The molecule has 0 amide bonds. The van der Waals surface area contributed by atoms with Gasteiger partial charge in [-0.2, -0.15) is 0 Å². The number of nitrogens with zero attached hydrogens (tertiary/aromatic N) is 4. The number of hydrogen-bond acceptors (Lipinski definition) is 3. The Hall–Kier alpha value is -3.64. The third kappa shape index (κ3) is 3.33. The number of benzene rings is 3. The Morgan fingerprint density at radius 1 is 0.938 bits per heavy atom. The molecule has 0 unspecified atom stereocenters. The molecule has 0 spiro atoms. The zero-order chi connectivity index (χ0) is 22.2. The van der Waals surface area contributed by atoms with E-state index in [1.54, 1.807) is 16.0 Å². The quantitative estimate of drug-likeness (QED) is 0.368. The second-order valence-electron chi connectivity index (χ2n) is 7.73. The molecule has 5 rings (SSSR count). The van der Waals surface area contributed by atoms with Crippen molar-refractivity contribution in [1.82, 2.24) is 13.9 Å². The maximum Gasteiger partial charge on any atom is 0.297 e. The number of aromatic nitrogens is 3. The van der Waals surface area contributed by atoms with Crippen LogP contribution in [0.1, 0.15) is 12.6 Å². The minimum atomic E-state index is -0.112. The van der Waals surface area contributed by atoms with Crippen LogP contribution in [0.3, 0.4) is 0 Å². The lowest BCUT2D eigenvalue weighted by Gasteiger charge is -2.07. The van der Waals surface area contributed by atoms with E-state index >= 15 is 0 Å². The number of fused-ring (bicyclic) bond motifs is 1. The SMILES string of the molecule is CCn1c(-c2ccc3ccccc3c2)csc1=Nc1c(C)n(C)n(-c2ccccc2)c1=O. The first-order valence-electron chi connectivity index (χ1n) is 10.6. The van der Waals surface area contributed by atoms with Gasteiger partial charge in [-0.3, -0.25) is 9.48 Å². The van der Waals surface area contributed by atoms with Crippen LogP contribution in [0.4, 0.5) is 5.69 Å². The van der Waals surface area contributed by atoms with Crippen LogP contribution in [0, 0.1) is 6.92 Å². The van der Waals surface area contributed by atoms with Crippen LogP contribution in [0.25, 0.3) is 27.7 Å². The molecule has 0 saturated heterocycles. The Labute approximate surface area is 190 Å². The Morgan fingerprint density at radius 2 is 1.66 bits per heavy atom. The molecule has 0 fully saturated rings. The molecule has 0 saturated carbocycles. The Kier molecular flexibility index (Phi) is 5.15. The average molecular weight is 441 g/mol. The fourth-order valence-electron chi connectivity index (χ4n) is 4.08. The molecule has 160 valence electrons. The molecule has 0 radical (unpaired) electrons. The van der Waals surface area contributed by atoms with Gasteiger partial charge in [0.15, 0.2) is 10.5 Å². The van der Waals surface area contributed by atoms with Crippen molar-refractivity contribution < 1.29 is 0 Å². The Bertz CT molecular complexity index is 1550. The molecular weight excluding hydrogens is 416 g/mol. The molecule has 0 aliphatic heterocycles. The van der Waals surface area contributed by atoms with Crippen molar-refractivity contribution in [3.8, 4) is 16.9 Å². The molecular formula is C26H24N4OS. The van der Waals surface area contributed by atoms with Crippen molar-refractivity contribution in [1.29, 1.82) is 0 Å². The van der Waals surface area contributed by atoms with E-state index in [0.29, 0.717) is 5.69 Å². The van der Waals surface area contributed by atoms with Crippen LogP contribution < -0.4 is 10.4 Å². The van der Waals surface area contributed by atoms with Gasteiger partial charge in [0.05, 0.1) is 17.1 Å². The van der Waals surface area contributed by atoms with Crippen molar-refractivity contribution in [3.05, 3.63) is 99.0 Å². The highest BCUT2D eigenvalue weighted by atomic mass is 32.1. The van der Waals surface area contributed by atoms with Crippen LogP contribution in [0.2, 0.25) is 0 Å². The van der Waals surface area contributed by atoms with Crippen molar-refractivity contribution in [2.75, 3.05) is 0 Å². The van der Waals surface area contributed by atoms with E-state index in [4.69, 9.17) is 4.99 Å².